The Labute approximate surface area is 163 Å². The summed E-state index contributed by atoms with van der Waals surface area (Å²) in [6.07, 6.45) is 13.1. The van der Waals surface area contributed by atoms with Crippen LogP contribution < -0.4 is 0 Å². The zero-order valence-electron chi connectivity index (χ0n) is 15.9. The van der Waals surface area contributed by atoms with Crippen LogP contribution in [0, 0.1) is 0 Å². The molecule has 0 aliphatic heterocycles. The Balaban J connectivity index is 1.69. The number of hydrogen-bond donors (Lipinski definition) is 1. The number of fused-ring (bicyclic) bond motifs is 1. The van der Waals surface area contributed by atoms with E-state index in [0.29, 0.717) is 6.54 Å². The van der Waals surface area contributed by atoms with Crippen molar-refractivity contribution < 1.29 is 0 Å². The second kappa shape index (κ2) is 7.48. The summed E-state index contributed by atoms with van der Waals surface area (Å²) < 4.78 is 1.82. The molecule has 140 valence electrons. The first-order chi connectivity index (χ1) is 13.6. The van der Waals surface area contributed by atoms with Gasteiger partial charge < -0.3 is 9.88 Å². The fraction of sp³-hybridized carbons (Fsp3) is 0.143. The maximum atomic E-state index is 4.55. The predicted octanol–water partition coefficient (Wildman–Crippen LogP) is 3.35. The van der Waals surface area contributed by atoms with Crippen molar-refractivity contribution in [1.82, 2.24) is 34.8 Å². The summed E-state index contributed by atoms with van der Waals surface area (Å²) in [5.41, 5.74) is 5.72. The van der Waals surface area contributed by atoms with Crippen molar-refractivity contribution in [3.8, 4) is 11.3 Å². The van der Waals surface area contributed by atoms with Crippen LogP contribution in [0.5, 0.6) is 0 Å². The van der Waals surface area contributed by atoms with Gasteiger partial charge in [-0.1, -0.05) is 17.9 Å². The maximum absolute atomic E-state index is 4.55. The maximum Gasteiger partial charge on any atom is 0.137 e. The van der Waals surface area contributed by atoms with Gasteiger partial charge in [-0.2, -0.15) is 0 Å². The molecule has 7 nitrogen and oxygen atoms in total. The highest BCUT2D eigenvalue weighted by molar-refractivity contribution is 5.94. The first-order valence-corrected chi connectivity index (χ1v) is 8.91. The molecular weight excluding hydrogens is 350 g/mol. The third-order valence-corrected chi connectivity index (χ3v) is 4.39. The van der Waals surface area contributed by atoms with E-state index in [1.54, 1.807) is 12.4 Å². The van der Waals surface area contributed by atoms with E-state index in [9.17, 15) is 0 Å². The Morgan fingerprint density at radius 2 is 2.11 bits per heavy atom. The fourth-order valence-electron chi connectivity index (χ4n) is 3.07. The smallest absolute Gasteiger partial charge is 0.137 e. The van der Waals surface area contributed by atoms with E-state index >= 15 is 0 Å². The Kier molecular flexibility index (Phi) is 4.72. The van der Waals surface area contributed by atoms with Gasteiger partial charge in [0.25, 0.3) is 0 Å². The lowest BCUT2D eigenvalue weighted by Gasteiger charge is -2.09. The van der Waals surface area contributed by atoms with Crippen LogP contribution in [0.4, 0.5) is 0 Å². The molecule has 4 heterocycles. The lowest BCUT2D eigenvalue weighted by atomic mass is 10.1. The lowest BCUT2D eigenvalue weighted by molar-refractivity contribution is 0.566. The van der Waals surface area contributed by atoms with Crippen molar-refractivity contribution >= 4 is 16.6 Å². The molecule has 0 fully saturated rings. The first kappa shape index (κ1) is 17.7. The summed E-state index contributed by atoms with van der Waals surface area (Å²) in [6.45, 7) is 4.57. The number of nitrogens with zero attached hydrogens (tertiary/aromatic N) is 6. The molecule has 0 spiro atoms. The number of nitrogens with one attached hydrogen (secondary N) is 1. The third-order valence-electron chi connectivity index (χ3n) is 4.39. The van der Waals surface area contributed by atoms with Crippen LogP contribution in [0.15, 0.2) is 68.0 Å². The summed E-state index contributed by atoms with van der Waals surface area (Å²) in [5, 5.41) is 9.62. The molecule has 0 unspecified atom stereocenters. The van der Waals surface area contributed by atoms with E-state index in [1.807, 2.05) is 66.7 Å². The molecule has 0 saturated heterocycles. The summed E-state index contributed by atoms with van der Waals surface area (Å²) >= 11 is 0. The molecule has 0 atom stereocenters. The minimum atomic E-state index is 0.646. The molecule has 0 aliphatic rings. The summed E-state index contributed by atoms with van der Waals surface area (Å²) in [5.74, 6) is 0. The summed E-state index contributed by atoms with van der Waals surface area (Å²) in [6, 6.07) is 6.04. The molecule has 0 aromatic carbocycles. The normalized spacial score (nSPS) is 11.7. The molecule has 0 aliphatic carbocycles. The highest BCUT2D eigenvalue weighted by Gasteiger charge is 2.12. The second-order valence-corrected chi connectivity index (χ2v) is 6.73. The van der Waals surface area contributed by atoms with Crippen molar-refractivity contribution in [3.05, 3.63) is 79.2 Å². The van der Waals surface area contributed by atoms with Gasteiger partial charge in [0.05, 0.1) is 12.7 Å². The standard InChI is InChI=1S/C21H21N7/c1-4-16(13-27(2)3)17-9-18-19(11-24-21(18)23-10-17)20-14-28(26-25-20)12-15-5-7-22-8-6-15/h4-11,13-14H,1,12H2,2-3H3,(H,23,24)/b16-13+. The van der Waals surface area contributed by atoms with E-state index in [4.69, 9.17) is 0 Å². The van der Waals surface area contributed by atoms with E-state index in [1.165, 1.54) is 0 Å². The average molecular weight is 371 g/mol. The van der Waals surface area contributed by atoms with Crippen LogP contribution in [0.2, 0.25) is 0 Å². The molecular formula is C21H21N7. The largest absolute Gasteiger partial charge is 0.383 e. The van der Waals surface area contributed by atoms with Crippen molar-refractivity contribution in [2.45, 2.75) is 6.54 Å². The molecule has 0 radical (unpaired) electrons. The van der Waals surface area contributed by atoms with Crippen molar-refractivity contribution in [1.29, 1.82) is 0 Å². The van der Waals surface area contributed by atoms with E-state index in [2.05, 4.69) is 37.9 Å². The molecule has 1 N–H and O–H groups in total. The Hall–Kier alpha value is -3.74. The van der Waals surface area contributed by atoms with Crippen LogP contribution in [-0.2, 0) is 6.54 Å². The third kappa shape index (κ3) is 3.55. The Bertz CT molecular complexity index is 1140. The average Bonchev–Trinajstić information content (AvgIpc) is 3.32. The number of pyridine rings is 2. The lowest BCUT2D eigenvalue weighted by Crippen LogP contribution is -2.02. The van der Waals surface area contributed by atoms with Crippen LogP contribution in [-0.4, -0.2) is 48.9 Å². The van der Waals surface area contributed by atoms with E-state index in [0.717, 1.165) is 39.0 Å². The van der Waals surface area contributed by atoms with Gasteiger partial charge >= 0.3 is 0 Å². The molecule has 4 aromatic rings. The quantitative estimate of drug-likeness (QED) is 0.526. The fourth-order valence-corrected chi connectivity index (χ4v) is 3.07. The summed E-state index contributed by atoms with van der Waals surface area (Å²) in [4.78, 5) is 13.8. The van der Waals surface area contributed by atoms with Crippen LogP contribution in [0.25, 0.3) is 27.9 Å². The van der Waals surface area contributed by atoms with Gasteiger partial charge in [-0.3, -0.25) is 4.98 Å². The summed E-state index contributed by atoms with van der Waals surface area (Å²) in [7, 11) is 3.97. The minimum Gasteiger partial charge on any atom is -0.383 e. The number of aromatic amines is 1. The van der Waals surface area contributed by atoms with Gasteiger partial charge in [0, 0.05) is 61.6 Å². The van der Waals surface area contributed by atoms with Crippen molar-refractivity contribution in [2.24, 2.45) is 0 Å². The SMILES string of the molecule is C=C/C(=C\N(C)C)c1cnc2[nH]cc(-c3cn(Cc4ccncc4)nn3)c2c1. The van der Waals surface area contributed by atoms with Crippen molar-refractivity contribution in [2.75, 3.05) is 14.1 Å². The minimum absolute atomic E-state index is 0.646. The molecule has 4 rings (SSSR count). The molecule has 0 amide bonds. The number of hydrogen-bond acceptors (Lipinski definition) is 5. The number of allylic oxidation sites excluding steroid dienone is 2. The van der Waals surface area contributed by atoms with Gasteiger partial charge in [-0.05, 0) is 29.3 Å². The first-order valence-electron chi connectivity index (χ1n) is 8.91. The topological polar surface area (TPSA) is 75.5 Å². The van der Waals surface area contributed by atoms with Gasteiger partial charge in [0.15, 0.2) is 0 Å². The highest BCUT2D eigenvalue weighted by Crippen LogP contribution is 2.28. The number of aromatic nitrogens is 6. The highest BCUT2D eigenvalue weighted by atomic mass is 15.4. The molecule has 0 bridgehead atoms. The Morgan fingerprint density at radius 1 is 1.29 bits per heavy atom. The molecule has 4 aromatic heterocycles. The second-order valence-electron chi connectivity index (χ2n) is 6.73. The van der Waals surface area contributed by atoms with E-state index < -0.39 is 0 Å². The Morgan fingerprint density at radius 3 is 2.86 bits per heavy atom. The monoisotopic (exact) mass is 371 g/mol. The zero-order chi connectivity index (χ0) is 19.5. The van der Waals surface area contributed by atoms with Crippen LogP contribution in [0.1, 0.15) is 11.1 Å². The molecule has 7 heteroatoms. The molecule has 28 heavy (non-hydrogen) atoms. The number of rotatable bonds is 6. The molecule has 0 saturated carbocycles. The zero-order valence-corrected chi connectivity index (χ0v) is 15.9. The number of H-pyrrole nitrogens is 1. The van der Waals surface area contributed by atoms with E-state index in [-0.39, 0.29) is 0 Å². The van der Waals surface area contributed by atoms with Crippen molar-refractivity contribution in [3.63, 3.8) is 0 Å². The predicted molar refractivity (Wildman–Crippen MR) is 110 cm³/mol. The van der Waals surface area contributed by atoms with Gasteiger partial charge in [-0.15, -0.1) is 5.10 Å². The van der Waals surface area contributed by atoms with Gasteiger partial charge in [0.1, 0.15) is 11.3 Å². The van der Waals surface area contributed by atoms with Gasteiger partial charge in [0.2, 0.25) is 0 Å². The van der Waals surface area contributed by atoms with Crippen LogP contribution in [0.3, 0.4) is 0 Å². The van der Waals surface area contributed by atoms with Gasteiger partial charge in [-0.25, -0.2) is 9.67 Å². The van der Waals surface area contributed by atoms with Crippen LogP contribution >= 0.6 is 0 Å².